The third-order valence-corrected chi connectivity index (χ3v) is 8.06. The highest BCUT2D eigenvalue weighted by Gasteiger charge is 2.35. The lowest BCUT2D eigenvalue weighted by Gasteiger charge is -2.39. The molecule has 0 atom stereocenters. The Labute approximate surface area is 263 Å². The van der Waals surface area contributed by atoms with Gasteiger partial charge in [-0.3, -0.25) is 19.4 Å². The highest BCUT2D eigenvalue weighted by atomic mass is 16.2. The van der Waals surface area contributed by atoms with E-state index in [0.29, 0.717) is 19.3 Å². The van der Waals surface area contributed by atoms with Gasteiger partial charge in [-0.15, -0.1) is 0 Å². The zero-order chi connectivity index (χ0) is 32.4. The molecule has 0 saturated heterocycles. The Hall–Kier alpha value is -4.06. The number of allylic oxidation sites excluding steroid dienone is 1. The number of aromatic nitrogens is 1. The minimum absolute atomic E-state index is 0.0510. The largest absolute Gasteiger partial charge is 0.333 e. The number of pyridine rings is 1. The van der Waals surface area contributed by atoms with E-state index in [-0.39, 0.29) is 34.1 Å². The van der Waals surface area contributed by atoms with Crippen LogP contribution in [-0.4, -0.2) is 38.6 Å². The summed E-state index contributed by atoms with van der Waals surface area (Å²) in [6.07, 6.45) is 5.32. The van der Waals surface area contributed by atoms with E-state index in [1.54, 1.807) is 6.20 Å². The summed E-state index contributed by atoms with van der Waals surface area (Å²) in [7, 11) is 0. The van der Waals surface area contributed by atoms with Crippen LogP contribution in [0.3, 0.4) is 0 Å². The Kier molecular flexibility index (Phi) is 9.34. The summed E-state index contributed by atoms with van der Waals surface area (Å²) < 4.78 is 0. The van der Waals surface area contributed by atoms with Gasteiger partial charge in [-0.1, -0.05) is 69.3 Å². The lowest BCUT2D eigenvalue weighted by Crippen LogP contribution is -2.48. The molecule has 3 heterocycles. The molecule has 6 heteroatoms. The maximum Gasteiger partial charge on any atom is 0.233 e. The fourth-order valence-corrected chi connectivity index (χ4v) is 5.85. The van der Waals surface area contributed by atoms with Crippen LogP contribution < -0.4 is 4.90 Å². The van der Waals surface area contributed by atoms with Crippen molar-refractivity contribution in [1.29, 1.82) is 0 Å². The van der Waals surface area contributed by atoms with Crippen molar-refractivity contribution in [2.75, 3.05) is 4.90 Å². The molecule has 232 valence electrons. The fourth-order valence-electron chi connectivity index (χ4n) is 5.85. The highest BCUT2D eigenvalue weighted by molar-refractivity contribution is 6.04. The minimum Gasteiger partial charge on any atom is -0.333 e. The maximum absolute atomic E-state index is 11.9. The summed E-state index contributed by atoms with van der Waals surface area (Å²) in [4.78, 5) is 43.6. The van der Waals surface area contributed by atoms with Gasteiger partial charge in [0.1, 0.15) is 0 Å². The van der Waals surface area contributed by atoms with Gasteiger partial charge in [0.25, 0.3) is 0 Å². The molecule has 2 aromatic carbocycles. The maximum atomic E-state index is 11.9. The number of carbonyl (C=O) groups excluding carboxylic acids is 3. The number of ketones is 1. The molecule has 6 rings (SSSR count). The van der Waals surface area contributed by atoms with Crippen LogP contribution in [-0.2, 0) is 40.2 Å². The van der Waals surface area contributed by atoms with Gasteiger partial charge in [0, 0.05) is 35.8 Å². The molecule has 0 unspecified atom stereocenters. The van der Waals surface area contributed by atoms with Gasteiger partial charge < -0.3 is 9.80 Å². The fraction of sp³-hybridized carbons (Fsp3) is 0.421. The average Bonchev–Trinajstić information content (AvgIpc) is 3.28. The zero-order valence-corrected chi connectivity index (χ0v) is 27.8. The van der Waals surface area contributed by atoms with Gasteiger partial charge in [0.2, 0.25) is 11.8 Å². The number of rotatable bonds is 0. The van der Waals surface area contributed by atoms with E-state index in [4.69, 9.17) is 0 Å². The van der Waals surface area contributed by atoms with Crippen molar-refractivity contribution in [3.8, 4) is 0 Å². The molecule has 0 saturated carbocycles. The van der Waals surface area contributed by atoms with Gasteiger partial charge in [0.05, 0.1) is 24.2 Å². The molecule has 0 bridgehead atoms. The van der Waals surface area contributed by atoms with Crippen molar-refractivity contribution in [3.05, 3.63) is 100 Å². The SMILES string of the molecule is CC(C)(C)C1=Cc2ccccc2CC1=O.CC(C)(C)N1C(=O)Cc2ncccc21.CC(C)(C)N1Cc2ccccc2CC1=O. The Balaban J connectivity index is 0.000000151. The van der Waals surface area contributed by atoms with E-state index in [9.17, 15) is 14.4 Å². The molecule has 6 nitrogen and oxygen atoms in total. The number of hydrogen-bond acceptors (Lipinski definition) is 4. The first-order valence-corrected chi connectivity index (χ1v) is 15.4. The Morgan fingerprint density at radius 1 is 0.636 bits per heavy atom. The van der Waals surface area contributed by atoms with Crippen molar-refractivity contribution in [2.24, 2.45) is 5.41 Å². The first-order chi connectivity index (χ1) is 20.5. The Bertz CT molecular complexity index is 1580. The first kappa shape index (κ1) is 32.8. The van der Waals surface area contributed by atoms with E-state index in [1.165, 1.54) is 16.7 Å². The summed E-state index contributed by atoms with van der Waals surface area (Å²) in [6, 6.07) is 20.1. The second kappa shape index (κ2) is 12.5. The number of fused-ring (bicyclic) bond motifs is 3. The standard InChI is InChI=1S/C14H16O.C13H17NO.C11H14N2O/c1-14(2,3)12-8-10-6-4-5-7-11(10)9-13(12)15;1-13(2,3)14-9-11-7-5-4-6-10(11)8-12(14)15;1-11(2,3)13-9-5-4-6-12-8(9)7-10(13)14/h4-8H,9H2,1-3H3;4-7H,8-9H2,1-3H3;4-6H,7H2,1-3H3. The summed E-state index contributed by atoms with van der Waals surface area (Å²) in [6.45, 7) is 19.4. The van der Waals surface area contributed by atoms with Crippen molar-refractivity contribution in [2.45, 2.75) is 99.2 Å². The Morgan fingerprint density at radius 2 is 1.25 bits per heavy atom. The van der Waals surface area contributed by atoms with Gasteiger partial charge in [-0.05, 0) is 87.4 Å². The van der Waals surface area contributed by atoms with Crippen LogP contribution in [0.2, 0.25) is 0 Å². The summed E-state index contributed by atoms with van der Waals surface area (Å²) in [5.41, 5.74) is 7.33. The molecule has 2 amide bonds. The van der Waals surface area contributed by atoms with Crippen LogP contribution in [0.4, 0.5) is 5.69 Å². The molecule has 1 aromatic heterocycles. The second-order valence-corrected chi connectivity index (χ2v) is 14.7. The van der Waals surface area contributed by atoms with Crippen molar-refractivity contribution >= 4 is 29.4 Å². The molecular formula is C38H47N3O3. The number of carbonyl (C=O) groups is 3. The van der Waals surface area contributed by atoms with E-state index >= 15 is 0 Å². The molecule has 1 aliphatic carbocycles. The number of nitrogens with zero attached hydrogens (tertiary/aromatic N) is 3. The lowest BCUT2D eigenvalue weighted by molar-refractivity contribution is -0.137. The number of Topliss-reactive ketones (excluding diaryl/α,β-unsaturated/α-hetero) is 1. The third-order valence-electron chi connectivity index (χ3n) is 8.06. The third kappa shape index (κ3) is 7.53. The predicted molar refractivity (Wildman–Crippen MR) is 178 cm³/mol. The molecule has 0 N–H and O–H groups in total. The van der Waals surface area contributed by atoms with E-state index in [2.05, 4.69) is 58.7 Å². The number of benzene rings is 2. The first-order valence-electron chi connectivity index (χ1n) is 15.4. The van der Waals surface area contributed by atoms with E-state index < -0.39 is 0 Å². The molecule has 44 heavy (non-hydrogen) atoms. The molecule has 0 radical (unpaired) electrons. The molecule has 0 fully saturated rings. The van der Waals surface area contributed by atoms with Gasteiger partial charge in [0.15, 0.2) is 5.78 Å². The number of anilines is 1. The summed E-state index contributed by atoms with van der Waals surface area (Å²) >= 11 is 0. The van der Waals surface area contributed by atoms with Crippen LogP contribution in [0.25, 0.3) is 6.08 Å². The van der Waals surface area contributed by atoms with Crippen molar-refractivity contribution in [3.63, 3.8) is 0 Å². The highest BCUT2D eigenvalue weighted by Crippen LogP contribution is 2.34. The Morgan fingerprint density at radius 3 is 1.86 bits per heavy atom. The lowest BCUT2D eigenvalue weighted by atomic mass is 9.78. The molecule has 3 aliphatic rings. The normalized spacial score (nSPS) is 16.1. The topological polar surface area (TPSA) is 70.6 Å². The van der Waals surface area contributed by atoms with Crippen LogP contribution >= 0.6 is 0 Å². The molecule has 3 aromatic rings. The summed E-state index contributed by atoms with van der Waals surface area (Å²) in [5, 5.41) is 0. The van der Waals surface area contributed by atoms with Crippen LogP contribution in [0.1, 0.15) is 90.3 Å². The van der Waals surface area contributed by atoms with Crippen LogP contribution in [0.15, 0.2) is 72.4 Å². The van der Waals surface area contributed by atoms with Gasteiger partial charge in [-0.25, -0.2) is 0 Å². The van der Waals surface area contributed by atoms with E-state index in [0.717, 1.165) is 29.1 Å². The predicted octanol–water partition coefficient (Wildman–Crippen LogP) is 7.38. The van der Waals surface area contributed by atoms with Crippen LogP contribution in [0.5, 0.6) is 0 Å². The zero-order valence-electron chi connectivity index (χ0n) is 27.8. The van der Waals surface area contributed by atoms with Crippen molar-refractivity contribution in [1.82, 2.24) is 9.88 Å². The number of hydrogen-bond donors (Lipinski definition) is 0. The second-order valence-electron chi connectivity index (χ2n) is 14.7. The summed E-state index contributed by atoms with van der Waals surface area (Å²) in [5.74, 6) is 0.647. The van der Waals surface area contributed by atoms with Gasteiger partial charge in [-0.2, -0.15) is 0 Å². The minimum atomic E-state index is -0.161. The average molecular weight is 594 g/mol. The molecule has 2 aliphatic heterocycles. The molecular weight excluding hydrogens is 546 g/mol. The van der Waals surface area contributed by atoms with Gasteiger partial charge >= 0.3 is 0 Å². The van der Waals surface area contributed by atoms with E-state index in [1.807, 2.05) is 85.2 Å². The van der Waals surface area contributed by atoms with Crippen LogP contribution in [0, 0.1) is 5.41 Å². The number of amides is 2. The monoisotopic (exact) mass is 593 g/mol. The molecule has 0 spiro atoms. The smallest absolute Gasteiger partial charge is 0.233 e. The van der Waals surface area contributed by atoms with Crippen molar-refractivity contribution < 1.29 is 14.4 Å². The quantitative estimate of drug-likeness (QED) is 0.273.